The Bertz CT molecular complexity index is 140. The monoisotopic (exact) mass is 223 g/mol. The Morgan fingerprint density at radius 1 is 1.55 bits per heavy atom. The van der Waals surface area contributed by atoms with E-state index < -0.39 is 10.6 Å². The summed E-state index contributed by atoms with van der Waals surface area (Å²) < 4.78 is 4.32. The topological polar surface area (TPSA) is 38.3 Å². The van der Waals surface area contributed by atoms with Gasteiger partial charge in [-0.05, 0) is 43.6 Å². The van der Waals surface area contributed by atoms with Crippen LogP contribution in [-0.2, 0) is 4.74 Å². The van der Waals surface area contributed by atoms with E-state index >= 15 is 0 Å². The van der Waals surface area contributed by atoms with Crippen molar-refractivity contribution in [3.05, 3.63) is 0 Å². The number of ether oxygens (including phenoxy) is 1. The molecule has 0 aromatic rings. The number of amides is 1. The molecule has 0 bridgehead atoms. The van der Waals surface area contributed by atoms with Crippen LogP contribution < -0.4 is 5.32 Å². The Morgan fingerprint density at radius 2 is 2.00 bits per heavy atom. The number of hydrogen-bond acceptors (Lipinski definition) is 2. The van der Waals surface area contributed by atoms with Gasteiger partial charge in [0.15, 0.2) is 4.51 Å². The van der Waals surface area contributed by atoms with Gasteiger partial charge in [-0.1, -0.05) is 0 Å². The number of hydrogen-bond donors (Lipinski definition) is 1. The van der Waals surface area contributed by atoms with Crippen molar-refractivity contribution in [2.75, 3.05) is 0 Å². The number of rotatable bonds is 2. The van der Waals surface area contributed by atoms with Gasteiger partial charge in [0.25, 0.3) is 0 Å². The Kier molecular flexibility index (Phi) is 3.86. The van der Waals surface area contributed by atoms with Crippen LogP contribution in [0.1, 0.15) is 27.7 Å². The number of alkyl halides is 1. The SMILES string of the molecule is CC(C)NC(=O)OC(C)(C)Br. The molecule has 1 N–H and O–H groups in total. The third-order valence-electron chi connectivity index (χ3n) is 0.742. The third-order valence-corrected chi connectivity index (χ3v) is 0.904. The molecule has 1 amide bonds. The smallest absolute Gasteiger partial charge is 0.408 e. The average Bonchev–Trinajstić information content (AvgIpc) is 1.53. The number of carbonyl (C=O) groups is 1. The lowest BCUT2D eigenvalue weighted by Crippen LogP contribution is -2.35. The van der Waals surface area contributed by atoms with Crippen molar-refractivity contribution in [2.24, 2.45) is 0 Å². The molecule has 0 atom stereocenters. The molecule has 0 radical (unpaired) electrons. The third kappa shape index (κ3) is 7.65. The lowest BCUT2D eigenvalue weighted by molar-refractivity contribution is 0.0995. The highest BCUT2D eigenvalue weighted by molar-refractivity contribution is 9.10. The molecular formula is C7H14BrNO2. The molecule has 0 heterocycles. The van der Waals surface area contributed by atoms with Gasteiger partial charge in [-0.3, -0.25) is 0 Å². The van der Waals surface area contributed by atoms with E-state index in [-0.39, 0.29) is 6.04 Å². The predicted octanol–water partition coefficient (Wildman–Crippen LogP) is 2.25. The van der Waals surface area contributed by atoms with Crippen LogP contribution >= 0.6 is 15.9 Å². The van der Waals surface area contributed by atoms with Crippen LogP contribution in [0.5, 0.6) is 0 Å². The quantitative estimate of drug-likeness (QED) is 0.730. The minimum atomic E-state index is -0.591. The summed E-state index contributed by atoms with van der Waals surface area (Å²) in [6.07, 6.45) is -0.401. The second-order valence-corrected chi connectivity index (χ2v) is 4.96. The van der Waals surface area contributed by atoms with Crippen molar-refractivity contribution in [2.45, 2.75) is 38.2 Å². The molecule has 0 aliphatic heterocycles. The molecule has 66 valence electrons. The summed E-state index contributed by atoms with van der Waals surface area (Å²) >= 11 is 3.19. The molecule has 0 rings (SSSR count). The molecule has 0 aromatic carbocycles. The lowest BCUT2D eigenvalue weighted by Gasteiger charge is -2.18. The molecule has 0 unspecified atom stereocenters. The van der Waals surface area contributed by atoms with Gasteiger partial charge in [0.05, 0.1) is 0 Å². The van der Waals surface area contributed by atoms with Crippen LogP contribution in [0.4, 0.5) is 4.79 Å². The summed E-state index contributed by atoms with van der Waals surface area (Å²) in [7, 11) is 0. The summed E-state index contributed by atoms with van der Waals surface area (Å²) in [6, 6.07) is 0.109. The molecule has 0 saturated carbocycles. The molecule has 4 heteroatoms. The second kappa shape index (κ2) is 3.95. The molecule has 0 fully saturated rings. The van der Waals surface area contributed by atoms with Crippen LogP contribution in [0.25, 0.3) is 0 Å². The number of alkyl carbamates (subject to hydrolysis) is 1. The van der Waals surface area contributed by atoms with Gasteiger partial charge in [-0.15, -0.1) is 0 Å². The van der Waals surface area contributed by atoms with E-state index in [0.29, 0.717) is 0 Å². The van der Waals surface area contributed by atoms with E-state index in [4.69, 9.17) is 4.74 Å². The maximum absolute atomic E-state index is 10.9. The van der Waals surface area contributed by atoms with E-state index in [1.807, 2.05) is 13.8 Å². The van der Waals surface area contributed by atoms with Crippen molar-refractivity contribution in [3.8, 4) is 0 Å². The number of nitrogens with one attached hydrogen (secondary N) is 1. The molecule has 0 aromatic heterocycles. The van der Waals surface area contributed by atoms with Crippen molar-refractivity contribution in [3.63, 3.8) is 0 Å². The first-order valence-corrected chi connectivity index (χ1v) is 4.29. The Balaban J connectivity index is 3.71. The summed E-state index contributed by atoms with van der Waals surface area (Å²) in [6.45, 7) is 7.27. The molecule has 0 spiro atoms. The van der Waals surface area contributed by atoms with E-state index in [1.165, 1.54) is 0 Å². The van der Waals surface area contributed by atoms with Crippen molar-refractivity contribution < 1.29 is 9.53 Å². The van der Waals surface area contributed by atoms with E-state index in [1.54, 1.807) is 13.8 Å². The van der Waals surface area contributed by atoms with E-state index in [0.717, 1.165) is 0 Å². The molecule has 0 saturated heterocycles. The highest BCUT2D eigenvalue weighted by Crippen LogP contribution is 2.16. The predicted molar refractivity (Wildman–Crippen MR) is 47.8 cm³/mol. The van der Waals surface area contributed by atoms with Crippen LogP contribution in [-0.4, -0.2) is 16.6 Å². The average molecular weight is 224 g/mol. The summed E-state index contributed by atoms with van der Waals surface area (Å²) in [5, 5.41) is 2.61. The van der Waals surface area contributed by atoms with Crippen molar-refractivity contribution in [1.29, 1.82) is 0 Å². The maximum Gasteiger partial charge on any atom is 0.408 e. The fourth-order valence-corrected chi connectivity index (χ4v) is 0.633. The van der Waals surface area contributed by atoms with Gasteiger partial charge in [0, 0.05) is 6.04 Å². The molecule has 11 heavy (non-hydrogen) atoms. The minimum Gasteiger partial charge on any atom is -0.432 e. The van der Waals surface area contributed by atoms with Crippen molar-refractivity contribution in [1.82, 2.24) is 5.32 Å². The zero-order valence-electron chi connectivity index (χ0n) is 7.27. The highest BCUT2D eigenvalue weighted by Gasteiger charge is 2.18. The Morgan fingerprint density at radius 3 is 2.27 bits per heavy atom. The van der Waals surface area contributed by atoms with Crippen LogP contribution in [0.2, 0.25) is 0 Å². The highest BCUT2D eigenvalue weighted by atomic mass is 79.9. The fourth-order valence-electron chi connectivity index (χ4n) is 0.486. The van der Waals surface area contributed by atoms with Crippen molar-refractivity contribution >= 4 is 22.0 Å². The number of halogens is 1. The standard InChI is InChI=1S/C7H14BrNO2/c1-5(2)9-6(10)11-7(3,4)8/h5H,1-4H3,(H,9,10). The van der Waals surface area contributed by atoms with E-state index in [2.05, 4.69) is 21.2 Å². The lowest BCUT2D eigenvalue weighted by atomic mass is 10.4. The second-order valence-electron chi connectivity index (χ2n) is 3.05. The summed E-state index contributed by atoms with van der Waals surface area (Å²) in [5.74, 6) is 0. The Labute approximate surface area is 75.6 Å². The van der Waals surface area contributed by atoms with Gasteiger partial charge in [-0.2, -0.15) is 0 Å². The molecule has 0 aliphatic rings. The Hall–Kier alpha value is -0.250. The van der Waals surface area contributed by atoms with Crippen LogP contribution in [0, 0.1) is 0 Å². The fraction of sp³-hybridized carbons (Fsp3) is 0.857. The minimum absolute atomic E-state index is 0.109. The summed E-state index contributed by atoms with van der Waals surface area (Å²) in [5.41, 5.74) is 0. The van der Waals surface area contributed by atoms with Gasteiger partial charge >= 0.3 is 6.09 Å². The number of carbonyl (C=O) groups excluding carboxylic acids is 1. The van der Waals surface area contributed by atoms with Gasteiger partial charge < -0.3 is 10.1 Å². The van der Waals surface area contributed by atoms with Gasteiger partial charge in [0.1, 0.15) is 0 Å². The molecular weight excluding hydrogens is 210 g/mol. The van der Waals surface area contributed by atoms with Gasteiger partial charge in [-0.25, -0.2) is 4.79 Å². The first kappa shape index (κ1) is 10.8. The largest absolute Gasteiger partial charge is 0.432 e. The first-order valence-electron chi connectivity index (χ1n) is 3.49. The maximum atomic E-state index is 10.9. The van der Waals surface area contributed by atoms with Crippen LogP contribution in [0.3, 0.4) is 0 Å². The zero-order chi connectivity index (χ0) is 9.07. The zero-order valence-corrected chi connectivity index (χ0v) is 8.86. The normalized spacial score (nSPS) is 11.5. The van der Waals surface area contributed by atoms with Crippen LogP contribution in [0.15, 0.2) is 0 Å². The molecule has 0 aliphatic carbocycles. The first-order chi connectivity index (χ1) is 4.81. The van der Waals surface area contributed by atoms with E-state index in [9.17, 15) is 4.79 Å². The summed E-state index contributed by atoms with van der Waals surface area (Å²) in [4.78, 5) is 10.9. The molecule has 3 nitrogen and oxygen atoms in total. The van der Waals surface area contributed by atoms with Gasteiger partial charge in [0.2, 0.25) is 0 Å².